The van der Waals surface area contributed by atoms with Gasteiger partial charge in [-0.25, -0.2) is 0 Å². The van der Waals surface area contributed by atoms with Crippen LogP contribution in [-0.4, -0.2) is 37.0 Å². The molecule has 6 heteroatoms. The Kier molecular flexibility index (Phi) is 6.97. The van der Waals surface area contributed by atoms with Gasteiger partial charge in [-0.05, 0) is 51.7 Å². The number of benzene rings is 1. The number of non-ortho nitro benzene ring substituents is 1. The number of hydrogen-bond acceptors (Lipinski definition) is 4. The van der Waals surface area contributed by atoms with Crippen LogP contribution in [0.4, 0.5) is 5.69 Å². The topological polar surface area (TPSA) is 58.4 Å². The fourth-order valence-corrected chi connectivity index (χ4v) is 2.20. The molecule has 19 heavy (non-hydrogen) atoms. The van der Waals surface area contributed by atoms with Gasteiger partial charge in [0.25, 0.3) is 5.69 Å². The Balaban J connectivity index is 2.32. The summed E-state index contributed by atoms with van der Waals surface area (Å²) in [6.45, 7) is 2.78. The number of nitro benzene ring substituents is 1. The van der Waals surface area contributed by atoms with E-state index in [1.807, 2.05) is 0 Å². The van der Waals surface area contributed by atoms with Crippen molar-refractivity contribution in [2.75, 3.05) is 27.2 Å². The van der Waals surface area contributed by atoms with Crippen molar-refractivity contribution in [2.24, 2.45) is 0 Å². The molecule has 106 valence electrons. The van der Waals surface area contributed by atoms with Gasteiger partial charge in [0.1, 0.15) is 0 Å². The average molecular weight is 330 g/mol. The largest absolute Gasteiger partial charge is 0.313 e. The molecule has 0 aliphatic rings. The maximum atomic E-state index is 10.6. The maximum absolute atomic E-state index is 10.6. The zero-order valence-corrected chi connectivity index (χ0v) is 12.9. The van der Waals surface area contributed by atoms with Crippen LogP contribution >= 0.6 is 15.9 Å². The zero-order chi connectivity index (χ0) is 14.3. The average Bonchev–Trinajstić information content (AvgIpc) is 2.34. The second kappa shape index (κ2) is 8.24. The van der Waals surface area contributed by atoms with E-state index in [1.54, 1.807) is 12.1 Å². The van der Waals surface area contributed by atoms with Crippen LogP contribution in [0, 0.1) is 10.1 Å². The van der Waals surface area contributed by atoms with Crippen molar-refractivity contribution in [3.8, 4) is 0 Å². The molecule has 0 radical (unpaired) electrons. The predicted octanol–water partition coefficient (Wildman–Crippen LogP) is 2.79. The fourth-order valence-electron chi connectivity index (χ4n) is 1.69. The molecule has 1 aromatic carbocycles. The van der Waals surface area contributed by atoms with Crippen molar-refractivity contribution < 1.29 is 4.92 Å². The van der Waals surface area contributed by atoms with E-state index in [4.69, 9.17) is 0 Å². The first-order chi connectivity index (χ1) is 9.00. The molecule has 0 unspecified atom stereocenters. The van der Waals surface area contributed by atoms with Crippen LogP contribution in [0.25, 0.3) is 0 Å². The van der Waals surface area contributed by atoms with Crippen LogP contribution in [0.1, 0.15) is 18.4 Å². The quantitative estimate of drug-likeness (QED) is 0.452. The highest BCUT2D eigenvalue weighted by molar-refractivity contribution is 9.10. The maximum Gasteiger partial charge on any atom is 0.270 e. The molecule has 0 saturated heterocycles. The van der Waals surface area contributed by atoms with Crippen LogP contribution in [0.2, 0.25) is 0 Å². The van der Waals surface area contributed by atoms with E-state index >= 15 is 0 Å². The smallest absolute Gasteiger partial charge is 0.270 e. The van der Waals surface area contributed by atoms with Crippen molar-refractivity contribution in [3.05, 3.63) is 38.3 Å². The summed E-state index contributed by atoms with van der Waals surface area (Å²) in [5.41, 5.74) is 1.15. The summed E-state index contributed by atoms with van der Waals surface area (Å²) < 4.78 is 0.780. The van der Waals surface area contributed by atoms with E-state index in [-0.39, 0.29) is 10.6 Å². The molecule has 0 aliphatic heterocycles. The molecule has 0 amide bonds. The molecule has 1 N–H and O–H groups in total. The third-order valence-electron chi connectivity index (χ3n) is 2.77. The van der Waals surface area contributed by atoms with Crippen LogP contribution in [0.3, 0.4) is 0 Å². The van der Waals surface area contributed by atoms with E-state index in [9.17, 15) is 10.1 Å². The summed E-state index contributed by atoms with van der Waals surface area (Å²) in [5.74, 6) is 0. The van der Waals surface area contributed by atoms with E-state index in [2.05, 4.69) is 40.2 Å². The molecule has 0 heterocycles. The number of nitrogens with zero attached hydrogens (tertiary/aromatic N) is 2. The Morgan fingerprint density at radius 3 is 2.68 bits per heavy atom. The van der Waals surface area contributed by atoms with Gasteiger partial charge in [0.15, 0.2) is 0 Å². The number of halogens is 1. The number of nitro groups is 1. The second-order valence-electron chi connectivity index (χ2n) is 4.72. The predicted molar refractivity (Wildman–Crippen MR) is 80.3 cm³/mol. The minimum atomic E-state index is -0.386. The Hall–Kier alpha value is -0.980. The van der Waals surface area contributed by atoms with Crippen LogP contribution in [0.5, 0.6) is 0 Å². The van der Waals surface area contributed by atoms with E-state index < -0.39 is 0 Å². The summed E-state index contributed by atoms with van der Waals surface area (Å²) >= 11 is 3.37. The summed E-state index contributed by atoms with van der Waals surface area (Å²) in [6.07, 6.45) is 2.30. The third kappa shape index (κ3) is 6.13. The highest BCUT2D eigenvalue weighted by Gasteiger charge is 2.08. The molecule has 0 fully saturated rings. The minimum Gasteiger partial charge on any atom is -0.313 e. The lowest BCUT2D eigenvalue weighted by Crippen LogP contribution is -2.18. The fraction of sp³-hybridized carbons (Fsp3) is 0.538. The van der Waals surface area contributed by atoms with Crippen LogP contribution < -0.4 is 5.32 Å². The molecule has 0 saturated carbocycles. The monoisotopic (exact) mass is 329 g/mol. The first-order valence-corrected chi connectivity index (χ1v) is 7.08. The normalized spacial score (nSPS) is 10.9. The van der Waals surface area contributed by atoms with E-state index in [0.29, 0.717) is 0 Å². The first-order valence-electron chi connectivity index (χ1n) is 6.29. The summed E-state index contributed by atoms with van der Waals surface area (Å²) in [6, 6.07) is 4.87. The van der Waals surface area contributed by atoms with Gasteiger partial charge >= 0.3 is 0 Å². The van der Waals surface area contributed by atoms with Crippen molar-refractivity contribution in [1.82, 2.24) is 10.2 Å². The van der Waals surface area contributed by atoms with Crippen molar-refractivity contribution in [1.29, 1.82) is 0 Å². The number of rotatable bonds is 8. The Morgan fingerprint density at radius 1 is 1.37 bits per heavy atom. The lowest BCUT2D eigenvalue weighted by molar-refractivity contribution is -0.384. The van der Waals surface area contributed by atoms with Gasteiger partial charge in [-0.2, -0.15) is 0 Å². The van der Waals surface area contributed by atoms with Gasteiger partial charge in [0.05, 0.1) is 4.92 Å². The van der Waals surface area contributed by atoms with Crippen LogP contribution in [0.15, 0.2) is 22.7 Å². The lowest BCUT2D eigenvalue weighted by Gasteiger charge is -2.10. The van der Waals surface area contributed by atoms with Gasteiger partial charge in [0, 0.05) is 23.2 Å². The van der Waals surface area contributed by atoms with E-state index in [0.717, 1.165) is 36.1 Å². The van der Waals surface area contributed by atoms with Gasteiger partial charge in [-0.15, -0.1) is 0 Å². The molecule has 0 aliphatic carbocycles. The molecule has 0 aromatic heterocycles. The highest BCUT2D eigenvalue weighted by atomic mass is 79.9. The Morgan fingerprint density at radius 2 is 2.11 bits per heavy atom. The third-order valence-corrected chi connectivity index (χ3v) is 3.51. The molecule has 0 bridgehead atoms. The van der Waals surface area contributed by atoms with Gasteiger partial charge in [0.2, 0.25) is 0 Å². The van der Waals surface area contributed by atoms with E-state index in [1.165, 1.54) is 12.5 Å². The van der Waals surface area contributed by atoms with Gasteiger partial charge < -0.3 is 10.2 Å². The first kappa shape index (κ1) is 16.1. The van der Waals surface area contributed by atoms with Crippen molar-refractivity contribution >= 4 is 21.6 Å². The molecule has 0 spiro atoms. The number of nitrogens with one attached hydrogen (secondary N) is 1. The standard InChI is InChI=1S/C13H20BrN3O2/c1-16(2)8-4-3-7-15-10-11-5-6-12(17(18)19)9-13(11)14/h5-6,9,15H,3-4,7-8,10H2,1-2H3. The molecule has 1 aromatic rings. The Labute approximate surface area is 122 Å². The summed E-state index contributed by atoms with van der Waals surface area (Å²) in [4.78, 5) is 12.4. The number of hydrogen-bond donors (Lipinski definition) is 1. The van der Waals surface area contributed by atoms with Crippen molar-refractivity contribution in [2.45, 2.75) is 19.4 Å². The zero-order valence-electron chi connectivity index (χ0n) is 11.4. The molecular formula is C13H20BrN3O2. The summed E-state index contributed by atoms with van der Waals surface area (Å²) in [5, 5.41) is 14.0. The SMILES string of the molecule is CN(C)CCCCNCc1ccc([N+](=O)[O-])cc1Br. The minimum absolute atomic E-state index is 0.113. The van der Waals surface area contributed by atoms with Crippen molar-refractivity contribution in [3.63, 3.8) is 0 Å². The summed E-state index contributed by atoms with van der Waals surface area (Å²) in [7, 11) is 4.14. The molecule has 5 nitrogen and oxygen atoms in total. The van der Waals surface area contributed by atoms with Gasteiger partial charge in [-0.3, -0.25) is 10.1 Å². The lowest BCUT2D eigenvalue weighted by atomic mass is 10.2. The second-order valence-corrected chi connectivity index (χ2v) is 5.57. The molecule has 1 rings (SSSR count). The highest BCUT2D eigenvalue weighted by Crippen LogP contribution is 2.22. The Bertz CT molecular complexity index is 424. The molecule has 0 atom stereocenters. The van der Waals surface area contributed by atoms with Gasteiger partial charge in [-0.1, -0.05) is 15.9 Å². The molecular weight excluding hydrogens is 310 g/mol. The van der Waals surface area contributed by atoms with Crippen LogP contribution in [-0.2, 0) is 6.54 Å². The number of unbranched alkanes of at least 4 members (excludes halogenated alkanes) is 1.